The van der Waals surface area contributed by atoms with E-state index in [0.29, 0.717) is 30.8 Å². The second kappa shape index (κ2) is 9.09. The number of aromatic nitrogens is 2. The molecule has 1 N–H and O–H groups in total. The standard InChI is InChI=1S/C25H25N3O4/c1-17-4-6-18(7-5-17)22-21(23(29)19-8-10-20(32-2)11-9-19)24(30)25(31)28(22)14-3-13-27-15-12-26-16-27/h4-12,15-16,22,29H,3,13-14H2,1-2H3/b23-21-. The van der Waals surface area contributed by atoms with Gasteiger partial charge in [0.25, 0.3) is 11.7 Å². The number of amides is 1. The van der Waals surface area contributed by atoms with Gasteiger partial charge in [-0.1, -0.05) is 29.8 Å². The Kier molecular flexibility index (Phi) is 6.07. The molecule has 0 radical (unpaired) electrons. The molecule has 1 saturated heterocycles. The third-order valence-electron chi connectivity index (χ3n) is 5.67. The SMILES string of the molecule is COc1ccc(/C(O)=C2/C(=O)C(=O)N(CCCn3ccnc3)C2c2ccc(C)cc2)cc1. The predicted molar refractivity (Wildman–Crippen MR) is 120 cm³/mol. The smallest absolute Gasteiger partial charge is 0.295 e. The summed E-state index contributed by atoms with van der Waals surface area (Å²) in [4.78, 5) is 31.6. The lowest BCUT2D eigenvalue weighted by Gasteiger charge is -2.25. The molecule has 0 saturated carbocycles. The van der Waals surface area contributed by atoms with Crippen molar-refractivity contribution in [2.24, 2.45) is 0 Å². The summed E-state index contributed by atoms with van der Waals surface area (Å²) in [6.45, 7) is 3.02. The Bertz CT molecular complexity index is 1130. The maximum atomic E-state index is 13.0. The largest absolute Gasteiger partial charge is 0.507 e. The Labute approximate surface area is 186 Å². The third kappa shape index (κ3) is 4.14. The molecule has 1 atom stereocenters. The number of benzene rings is 2. The van der Waals surface area contributed by atoms with Crippen LogP contribution in [0.25, 0.3) is 5.76 Å². The van der Waals surface area contributed by atoms with Gasteiger partial charge in [-0.05, 0) is 43.2 Å². The van der Waals surface area contributed by atoms with Gasteiger partial charge in [-0.25, -0.2) is 4.98 Å². The number of ketones is 1. The summed E-state index contributed by atoms with van der Waals surface area (Å²) in [5.41, 5.74) is 2.42. The summed E-state index contributed by atoms with van der Waals surface area (Å²) < 4.78 is 7.10. The van der Waals surface area contributed by atoms with Crippen LogP contribution < -0.4 is 4.74 Å². The van der Waals surface area contributed by atoms with E-state index in [2.05, 4.69) is 4.98 Å². The summed E-state index contributed by atoms with van der Waals surface area (Å²) in [5.74, 6) is -0.826. The number of Topliss-reactive ketones (excluding diaryl/α,β-unsaturated/α-hetero) is 1. The first-order chi connectivity index (χ1) is 15.5. The average Bonchev–Trinajstić information content (AvgIpc) is 3.41. The number of aliphatic hydroxyl groups excluding tert-OH is 1. The molecule has 1 fully saturated rings. The van der Waals surface area contributed by atoms with Crippen molar-refractivity contribution in [3.63, 3.8) is 0 Å². The number of likely N-dealkylation sites (tertiary alicyclic amines) is 1. The van der Waals surface area contributed by atoms with Gasteiger partial charge in [-0.15, -0.1) is 0 Å². The van der Waals surface area contributed by atoms with Gasteiger partial charge in [0.1, 0.15) is 11.5 Å². The molecule has 4 rings (SSSR count). The minimum Gasteiger partial charge on any atom is -0.507 e. The molecular formula is C25H25N3O4. The van der Waals surface area contributed by atoms with Gasteiger partial charge in [0.15, 0.2) is 0 Å². The number of hydrogen-bond donors (Lipinski definition) is 1. The van der Waals surface area contributed by atoms with Crippen molar-refractivity contribution >= 4 is 17.4 Å². The quantitative estimate of drug-likeness (QED) is 0.350. The van der Waals surface area contributed by atoms with E-state index in [1.807, 2.05) is 42.0 Å². The zero-order chi connectivity index (χ0) is 22.7. The van der Waals surface area contributed by atoms with Crippen LogP contribution in [0.2, 0.25) is 0 Å². The lowest BCUT2D eigenvalue weighted by Crippen LogP contribution is -2.31. The van der Waals surface area contributed by atoms with E-state index in [9.17, 15) is 14.7 Å². The molecule has 7 nitrogen and oxygen atoms in total. The number of aryl methyl sites for hydroxylation is 2. The molecule has 2 aromatic carbocycles. The Morgan fingerprint density at radius 2 is 1.78 bits per heavy atom. The molecule has 1 aliphatic rings. The van der Waals surface area contributed by atoms with Gasteiger partial charge in [0.05, 0.1) is 25.1 Å². The van der Waals surface area contributed by atoms with E-state index >= 15 is 0 Å². The van der Waals surface area contributed by atoms with E-state index in [4.69, 9.17) is 4.74 Å². The fraction of sp³-hybridized carbons (Fsp3) is 0.240. The molecule has 1 unspecified atom stereocenters. The van der Waals surface area contributed by atoms with Crippen molar-refractivity contribution in [2.75, 3.05) is 13.7 Å². The van der Waals surface area contributed by atoms with Crippen LogP contribution in [-0.2, 0) is 16.1 Å². The maximum absolute atomic E-state index is 13.0. The van der Waals surface area contributed by atoms with Crippen molar-refractivity contribution < 1.29 is 19.4 Å². The fourth-order valence-corrected chi connectivity index (χ4v) is 3.95. The van der Waals surface area contributed by atoms with Crippen LogP contribution in [0.1, 0.15) is 29.2 Å². The van der Waals surface area contributed by atoms with Gasteiger partial charge >= 0.3 is 0 Å². The molecular weight excluding hydrogens is 406 g/mol. The normalized spacial score (nSPS) is 17.7. The highest BCUT2D eigenvalue weighted by Crippen LogP contribution is 2.39. The number of carbonyl (C=O) groups excluding carboxylic acids is 2. The number of imidazole rings is 1. The van der Waals surface area contributed by atoms with Crippen LogP contribution in [0.4, 0.5) is 0 Å². The third-order valence-corrected chi connectivity index (χ3v) is 5.67. The summed E-state index contributed by atoms with van der Waals surface area (Å²) in [7, 11) is 1.56. The van der Waals surface area contributed by atoms with E-state index in [1.54, 1.807) is 48.8 Å². The van der Waals surface area contributed by atoms with Gasteiger partial charge in [-0.3, -0.25) is 9.59 Å². The van der Waals surface area contributed by atoms with Crippen molar-refractivity contribution in [3.8, 4) is 5.75 Å². The molecule has 1 amide bonds. The van der Waals surface area contributed by atoms with Crippen LogP contribution in [0.5, 0.6) is 5.75 Å². The molecule has 164 valence electrons. The number of ether oxygens (including phenoxy) is 1. The van der Waals surface area contributed by atoms with Crippen LogP contribution in [-0.4, -0.2) is 44.9 Å². The molecule has 0 aliphatic carbocycles. The molecule has 32 heavy (non-hydrogen) atoms. The van der Waals surface area contributed by atoms with Crippen molar-refractivity contribution in [2.45, 2.75) is 25.9 Å². The molecule has 0 bridgehead atoms. The predicted octanol–water partition coefficient (Wildman–Crippen LogP) is 3.71. The Morgan fingerprint density at radius 1 is 1.06 bits per heavy atom. The molecule has 1 aromatic heterocycles. The van der Waals surface area contributed by atoms with Gasteiger partial charge in [0.2, 0.25) is 0 Å². The minimum atomic E-state index is -0.675. The lowest BCUT2D eigenvalue weighted by atomic mass is 9.94. The van der Waals surface area contributed by atoms with Crippen molar-refractivity contribution in [1.82, 2.24) is 14.5 Å². The first-order valence-electron chi connectivity index (χ1n) is 10.4. The van der Waals surface area contributed by atoms with Crippen LogP contribution >= 0.6 is 0 Å². The van der Waals surface area contributed by atoms with Crippen LogP contribution in [0, 0.1) is 6.92 Å². The second-order valence-electron chi connectivity index (χ2n) is 7.79. The fourth-order valence-electron chi connectivity index (χ4n) is 3.95. The zero-order valence-corrected chi connectivity index (χ0v) is 18.1. The molecule has 1 aliphatic heterocycles. The number of methoxy groups -OCH3 is 1. The summed E-state index contributed by atoms with van der Waals surface area (Å²) in [5, 5.41) is 11.1. The first-order valence-corrected chi connectivity index (χ1v) is 10.4. The van der Waals surface area contributed by atoms with Gasteiger partial charge in [-0.2, -0.15) is 0 Å². The monoisotopic (exact) mass is 431 g/mol. The van der Waals surface area contributed by atoms with E-state index in [0.717, 1.165) is 11.1 Å². The average molecular weight is 431 g/mol. The number of aliphatic hydroxyl groups is 1. The Balaban J connectivity index is 1.71. The maximum Gasteiger partial charge on any atom is 0.295 e. The first kappa shape index (κ1) is 21.4. The number of hydrogen-bond acceptors (Lipinski definition) is 5. The van der Waals surface area contributed by atoms with Gasteiger partial charge < -0.3 is 19.3 Å². The number of rotatable bonds is 7. The Morgan fingerprint density at radius 3 is 2.41 bits per heavy atom. The summed E-state index contributed by atoms with van der Waals surface area (Å²) >= 11 is 0. The topological polar surface area (TPSA) is 84.7 Å². The van der Waals surface area contributed by atoms with Crippen molar-refractivity contribution in [3.05, 3.63) is 89.5 Å². The highest BCUT2D eigenvalue weighted by atomic mass is 16.5. The van der Waals surface area contributed by atoms with Gasteiger partial charge in [0, 0.05) is 31.0 Å². The summed E-state index contributed by atoms with van der Waals surface area (Å²) in [6, 6.07) is 13.8. The van der Waals surface area contributed by atoms with Crippen LogP contribution in [0.15, 0.2) is 72.8 Å². The molecule has 3 aromatic rings. The Hall–Kier alpha value is -3.87. The van der Waals surface area contributed by atoms with Crippen LogP contribution in [0.3, 0.4) is 0 Å². The highest BCUT2D eigenvalue weighted by Gasteiger charge is 2.45. The van der Waals surface area contributed by atoms with E-state index < -0.39 is 17.7 Å². The van der Waals surface area contributed by atoms with E-state index in [-0.39, 0.29) is 11.3 Å². The summed E-state index contributed by atoms with van der Waals surface area (Å²) in [6.07, 6.45) is 5.92. The number of carbonyl (C=O) groups is 2. The second-order valence-corrected chi connectivity index (χ2v) is 7.79. The minimum absolute atomic E-state index is 0.103. The van der Waals surface area contributed by atoms with Crippen molar-refractivity contribution in [1.29, 1.82) is 0 Å². The lowest BCUT2D eigenvalue weighted by molar-refractivity contribution is -0.139. The molecule has 2 heterocycles. The van der Waals surface area contributed by atoms with E-state index in [1.165, 1.54) is 0 Å². The highest BCUT2D eigenvalue weighted by molar-refractivity contribution is 6.46. The molecule has 0 spiro atoms. The molecule has 7 heteroatoms. The zero-order valence-electron chi connectivity index (χ0n) is 18.1. The number of nitrogens with zero attached hydrogens (tertiary/aromatic N) is 3.